The normalized spacial score (nSPS) is 14.7. The monoisotopic (exact) mass is 296 g/mol. The molecule has 3 amide bonds. The lowest BCUT2D eigenvalue weighted by Crippen LogP contribution is -2.47. The first kappa shape index (κ1) is 14.0. The van der Waals surface area contributed by atoms with Gasteiger partial charge in [-0.05, 0) is 17.7 Å². The second kappa shape index (κ2) is 5.42. The minimum absolute atomic E-state index is 0.224. The molecular weight excluding hydrogens is 284 g/mol. The summed E-state index contributed by atoms with van der Waals surface area (Å²) in [7, 11) is 0. The van der Waals surface area contributed by atoms with E-state index in [-0.39, 0.29) is 11.1 Å². The number of rotatable bonds is 3. The first-order valence-electron chi connectivity index (χ1n) is 6.61. The molecular formula is C16H12N2O4. The first-order chi connectivity index (χ1) is 10.6. The van der Waals surface area contributed by atoms with Crippen LogP contribution in [0, 0.1) is 0 Å². The molecule has 1 aliphatic heterocycles. The predicted octanol–water partition coefficient (Wildman–Crippen LogP) is 1.05. The molecule has 0 bridgehead atoms. The maximum absolute atomic E-state index is 12.1. The Balaban J connectivity index is 1.79. The summed E-state index contributed by atoms with van der Waals surface area (Å²) in [6, 6.07) is 14.5. The molecule has 0 saturated carbocycles. The summed E-state index contributed by atoms with van der Waals surface area (Å²) in [5, 5.41) is 10.6. The number of fused-ring (bicyclic) bond motifs is 1. The molecule has 0 aromatic heterocycles. The minimum atomic E-state index is -1.47. The van der Waals surface area contributed by atoms with E-state index in [1.54, 1.807) is 42.5 Å². The van der Waals surface area contributed by atoms with Crippen molar-refractivity contribution in [2.45, 2.75) is 6.10 Å². The summed E-state index contributed by atoms with van der Waals surface area (Å²) in [5.41, 5.74) is 2.99. The summed E-state index contributed by atoms with van der Waals surface area (Å²) in [5.74, 6) is -2.08. The fourth-order valence-electron chi connectivity index (χ4n) is 2.25. The van der Waals surface area contributed by atoms with Crippen molar-refractivity contribution in [2.24, 2.45) is 0 Å². The zero-order valence-corrected chi connectivity index (χ0v) is 11.4. The van der Waals surface area contributed by atoms with Crippen LogP contribution < -0.4 is 5.43 Å². The quantitative estimate of drug-likeness (QED) is 0.829. The highest BCUT2D eigenvalue weighted by Gasteiger charge is 2.37. The number of imide groups is 1. The number of carbonyl (C=O) groups excluding carboxylic acids is 3. The maximum Gasteiger partial charge on any atom is 0.280 e. The van der Waals surface area contributed by atoms with Crippen molar-refractivity contribution in [1.82, 2.24) is 10.4 Å². The third-order valence-corrected chi connectivity index (χ3v) is 3.38. The van der Waals surface area contributed by atoms with Crippen LogP contribution >= 0.6 is 0 Å². The summed E-state index contributed by atoms with van der Waals surface area (Å²) >= 11 is 0. The van der Waals surface area contributed by atoms with Crippen LogP contribution in [-0.2, 0) is 4.79 Å². The fourth-order valence-corrected chi connectivity index (χ4v) is 2.25. The number of hydrogen-bond donors (Lipinski definition) is 2. The van der Waals surface area contributed by atoms with Crippen molar-refractivity contribution in [3.8, 4) is 0 Å². The van der Waals surface area contributed by atoms with Gasteiger partial charge in [0.15, 0.2) is 6.10 Å². The Kier molecular flexibility index (Phi) is 3.44. The first-order valence-corrected chi connectivity index (χ1v) is 6.61. The van der Waals surface area contributed by atoms with Crippen molar-refractivity contribution < 1.29 is 19.5 Å². The van der Waals surface area contributed by atoms with E-state index in [0.29, 0.717) is 10.6 Å². The van der Waals surface area contributed by atoms with Crippen LogP contribution in [0.4, 0.5) is 0 Å². The van der Waals surface area contributed by atoms with E-state index in [0.717, 1.165) is 0 Å². The topological polar surface area (TPSA) is 86.7 Å². The summed E-state index contributed by atoms with van der Waals surface area (Å²) in [4.78, 5) is 36.3. The molecule has 6 nitrogen and oxygen atoms in total. The summed E-state index contributed by atoms with van der Waals surface area (Å²) in [6.45, 7) is 0. The van der Waals surface area contributed by atoms with Gasteiger partial charge in [-0.3, -0.25) is 19.8 Å². The van der Waals surface area contributed by atoms with E-state index in [2.05, 4.69) is 5.43 Å². The SMILES string of the molecule is O=C(NN1C(=O)c2ccccc2C1=O)[C@@H](O)c1ccccc1. The third-order valence-electron chi connectivity index (χ3n) is 3.38. The molecule has 1 heterocycles. The van der Waals surface area contributed by atoms with E-state index in [1.165, 1.54) is 12.1 Å². The number of benzene rings is 2. The van der Waals surface area contributed by atoms with E-state index in [1.807, 2.05) is 0 Å². The third kappa shape index (κ3) is 2.25. The van der Waals surface area contributed by atoms with Crippen molar-refractivity contribution in [3.63, 3.8) is 0 Å². The molecule has 6 heteroatoms. The molecule has 110 valence electrons. The zero-order chi connectivity index (χ0) is 15.7. The van der Waals surface area contributed by atoms with Gasteiger partial charge in [0.25, 0.3) is 17.7 Å². The summed E-state index contributed by atoms with van der Waals surface area (Å²) in [6.07, 6.45) is -1.47. The van der Waals surface area contributed by atoms with Crippen molar-refractivity contribution in [3.05, 3.63) is 71.3 Å². The number of nitrogens with one attached hydrogen (secondary N) is 1. The molecule has 0 spiro atoms. The van der Waals surface area contributed by atoms with Gasteiger partial charge < -0.3 is 5.11 Å². The molecule has 0 unspecified atom stereocenters. The van der Waals surface area contributed by atoms with E-state index >= 15 is 0 Å². The van der Waals surface area contributed by atoms with Crippen LogP contribution in [0.2, 0.25) is 0 Å². The molecule has 2 N–H and O–H groups in total. The second-order valence-electron chi connectivity index (χ2n) is 4.78. The maximum atomic E-state index is 12.1. The van der Waals surface area contributed by atoms with Gasteiger partial charge in [-0.25, -0.2) is 0 Å². The minimum Gasteiger partial charge on any atom is -0.378 e. The Morgan fingerprint density at radius 2 is 1.41 bits per heavy atom. The summed E-state index contributed by atoms with van der Waals surface area (Å²) < 4.78 is 0. The Hall–Kier alpha value is -2.99. The van der Waals surface area contributed by atoms with Crippen LogP contribution in [-0.4, -0.2) is 27.8 Å². The lowest BCUT2D eigenvalue weighted by atomic mass is 10.1. The van der Waals surface area contributed by atoms with E-state index in [9.17, 15) is 19.5 Å². The molecule has 0 saturated heterocycles. The van der Waals surface area contributed by atoms with Crippen LogP contribution in [0.5, 0.6) is 0 Å². The van der Waals surface area contributed by atoms with Gasteiger partial charge in [-0.1, -0.05) is 42.5 Å². The smallest absolute Gasteiger partial charge is 0.280 e. The molecule has 2 aromatic rings. The number of aliphatic hydroxyl groups excluding tert-OH is 1. The highest BCUT2D eigenvalue weighted by molar-refractivity contribution is 6.21. The van der Waals surface area contributed by atoms with Crippen LogP contribution in [0.25, 0.3) is 0 Å². The van der Waals surface area contributed by atoms with Crippen molar-refractivity contribution >= 4 is 17.7 Å². The molecule has 0 aliphatic carbocycles. The van der Waals surface area contributed by atoms with Gasteiger partial charge in [0.05, 0.1) is 11.1 Å². The Morgan fingerprint density at radius 3 is 1.95 bits per heavy atom. The fraction of sp³-hybridized carbons (Fsp3) is 0.0625. The molecule has 1 atom stereocenters. The predicted molar refractivity (Wildman–Crippen MR) is 76.5 cm³/mol. The molecule has 22 heavy (non-hydrogen) atoms. The largest absolute Gasteiger partial charge is 0.378 e. The van der Waals surface area contributed by atoms with Crippen molar-refractivity contribution in [1.29, 1.82) is 0 Å². The number of aliphatic hydroxyl groups is 1. The average Bonchev–Trinajstić information content (AvgIpc) is 2.80. The van der Waals surface area contributed by atoms with E-state index in [4.69, 9.17) is 0 Å². The molecule has 0 fully saturated rings. The Bertz CT molecular complexity index is 723. The van der Waals surface area contributed by atoms with Crippen LogP contribution in [0.3, 0.4) is 0 Å². The van der Waals surface area contributed by atoms with Gasteiger partial charge in [0.2, 0.25) is 0 Å². The standard InChI is InChI=1S/C16H12N2O4/c19-13(10-6-2-1-3-7-10)14(20)17-18-15(21)11-8-4-5-9-12(11)16(18)22/h1-9,13,19H,(H,17,20)/t13-/m0/s1. The lowest BCUT2D eigenvalue weighted by molar-refractivity contribution is -0.132. The van der Waals surface area contributed by atoms with Gasteiger partial charge in [0.1, 0.15) is 0 Å². The number of hydrazine groups is 1. The van der Waals surface area contributed by atoms with Crippen LogP contribution in [0.1, 0.15) is 32.4 Å². The number of nitrogens with zero attached hydrogens (tertiary/aromatic N) is 1. The molecule has 3 rings (SSSR count). The lowest BCUT2D eigenvalue weighted by Gasteiger charge is -2.18. The van der Waals surface area contributed by atoms with Gasteiger partial charge in [0, 0.05) is 0 Å². The number of amides is 3. The van der Waals surface area contributed by atoms with Gasteiger partial charge >= 0.3 is 0 Å². The van der Waals surface area contributed by atoms with Crippen LogP contribution in [0.15, 0.2) is 54.6 Å². The Labute approximate surface area is 126 Å². The number of hydrogen-bond acceptors (Lipinski definition) is 4. The second-order valence-corrected chi connectivity index (χ2v) is 4.78. The Morgan fingerprint density at radius 1 is 0.909 bits per heavy atom. The van der Waals surface area contributed by atoms with Gasteiger partial charge in [-0.15, -0.1) is 0 Å². The average molecular weight is 296 g/mol. The van der Waals surface area contributed by atoms with Crippen molar-refractivity contribution in [2.75, 3.05) is 0 Å². The van der Waals surface area contributed by atoms with E-state index < -0.39 is 23.8 Å². The molecule has 2 aromatic carbocycles. The molecule has 0 radical (unpaired) electrons. The molecule has 1 aliphatic rings. The highest BCUT2D eigenvalue weighted by Crippen LogP contribution is 2.21. The van der Waals surface area contributed by atoms with Gasteiger partial charge in [-0.2, -0.15) is 5.01 Å². The highest BCUT2D eigenvalue weighted by atomic mass is 16.3. The number of carbonyl (C=O) groups is 3. The zero-order valence-electron chi connectivity index (χ0n) is 11.4.